The SMILES string of the molecule is CCNC(=S)N1CCN(S(=O)(=O)c2ccc(F)cc2F)CC1. The molecule has 0 aliphatic carbocycles. The standard InChI is InChI=1S/C13H17F2N3O2S2/c1-2-16-13(21)17-5-7-18(8-6-17)22(19,20)12-4-3-10(14)9-11(12)15/h3-4,9H,2,5-8H2,1H3,(H,16,21). The predicted molar refractivity (Wildman–Crippen MR) is 83.0 cm³/mol. The number of sulfonamides is 1. The van der Waals surface area contributed by atoms with Crippen molar-refractivity contribution in [3.05, 3.63) is 29.8 Å². The fraction of sp³-hybridized carbons (Fsp3) is 0.462. The van der Waals surface area contributed by atoms with Crippen molar-refractivity contribution >= 4 is 27.4 Å². The van der Waals surface area contributed by atoms with Crippen molar-refractivity contribution in [2.45, 2.75) is 11.8 Å². The second kappa shape index (κ2) is 6.84. The molecule has 0 atom stereocenters. The van der Waals surface area contributed by atoms with Gasteiger partial charge in [0.2, 0.25) is 10.0 Å². The Morgan fingerprint density at radius 1 is 1.27 bits per heavy atom. The van der Waals surface area contributed by atoms with Gasteiger partial charge in [-0.25, -0.2) is 17.2 Å². The van der Waals surface area contributed by atoms with Crippen molar-refractivity contribution in [2.24, 2.45) is 0 Å². The Kier molecular flexibility index (Phi) is 5.30. The molecule has 2 rings (SSSR count). The molecule has 0 saturated carbocycles. The van der Waals surface area contributed by atoms with Gasteiger partial charge < -0.3 is 10.2 Å². The first kappa shape index (κ1) is 17.0. The first-order valence-corrected chi connectivity index (χ1v) is 8.69. The number of rotatable bonds is 3. The Morgan fingerprint density at radius 3 is 2.45 bits per heavy atom. The van der Waals surface area contributed by atoms with Gasteiger partial charge in [0.05, 0.1) is 0 Å². The molecule has 0 unspecified atom stereocenters. The number of halogens is 2. The van der Waals surface area contributed by atoms with E-state index in [4.69, 9.17) is 12.2 Å². The Hall–Kier alpha value is -1.32. The number of nitrogens with one attached hydrogen (secondary N) is 1. The molecule has 0 bridgehead atoms. The predicted octanol–water partition coefficient (Wildman–Crippen LogP) is 1.17. The Balaban J connectivity index is 2.11. The molecule has 0 amide bonds. The molecular formula is C13H17F2N3O2S2. The van der Waals surface area contributed by atoms with Crippen LogP contribution in [0.4, 0.5) is 8.78 Å². The molecule has 0 spiro atoms. The molecule has 1 aromatic rings. The average molecular weight is 349 g/mol. The highest BCUT2D eigenvalue weighted by molar-refractivity contribution is 7.89. The summed E-state index contributed by atoms with van der Waals surface area (Å²) >= 11 is 5.18. The van der Waals surface area contributed by atoms with Crippen molar-refractivity contribution in [2.75, 3.05) is 32.7 Å². The van der Waals surface area contributed by atoms with E-state index >= 15 is 0 Å². The molecule has 1 saturated heterocycles. The lowest BCUT2D eigenvalue weighted by Crippen LogP contribution is -2.53. The summed E-state index contributed by atoms with van der Waals surface area (Å²) in [5.74, 6) is -1.89. The molecule has 0 radical (unpaired) electrons. The topological polar surface area (TPSA) is 52.6 Å². The minimum absolute atomic E-state index is 0.199. The maximum atomic E-state index is 13.7. The molecule has 5 nitrogen and oxygen atoms in total. The molecule has 1 heterocycles. The van der Waals surface area contributed by atoms with Gasteiger partial charge in [-0.15, -0.1) is 0 Å². The molecule has 22 heavy (non-hydrogen) atoms. The largest absolute Gasteiger partial charge is 0.363 e. The molecule has 0 aromatic heterocycles. The van der Waals surface area contributed by atoms with Gasteiger partial charge in [0.15, 0.2) is 5.11 Å². The second-order valence-corrected chi connectivity index (χ2v) is 7.09. The van der Waals surface area contributed by atoms with Crippen LogP contribution in [0.1, 0.15) is 6.92 Å². The number of hydrogen-bond donors (Lipinski definition) is 1. The van der Waals surface area contributed by atoms with Crippen molar-refractivity contribution in [3.8, 4) is 0 Å². The fourth-order valence-electron chi connectivity index (χ4n) is 2.22. The minimum atomic E-state index is -3.97. The highest BCUT2D eigenvalue weighted by Gasteiger charge is 2.31. The summed E-state index contributed by atoms with van der Waals surface area (Å²) in [6.45, 7) is 3.86. The summed E-state index contributed by atoms with van der Waals surface area (Å²) in [5.41, 5.74) is 0. The lowest BCUT2D eigenvalue weighted by Gasteiger charge is -2.35. The third kappa shape index (κ3) is 3.53. The number of thiocarbonyl (C=S) groups is 1. The number of piperazine rings is 1. The normalized spacial score (nSPS) is 16.6. The fourth-order valence-corrected chi connectivity index (χ4v) is 4.01. The summed E-state index contributed by atoms with van der Waals surface area (Å²) < 4.78 is 52.7. The summed E-state index contributed by atoms with van der Waals surface area (Å²) in [7, 11) is -3.97. The molecule has 1 fully saturated rings. The van der Waals surface area contributed by atoms with Crippen LogP contribution in [0.25, 0.3) is 0 Å². The van der Waals surface area contributed by atoms with Crippen molar-refractivity contribution < 1.29 is 17.2 Å². The third-order valence-electron chi connectivity index (χ3n) is 3.37. The first-order chi connectivity index (χ1) is 10.4. The maximum absolute atomic E-state index is 13.7. The van der Waals surface area contributed by atoms with Crippen LogP contribution in [0.5, 0.6) is 0 Å². The van der Waals surface area contributed by atoms with Crippen LogP contribution in [0.15, 0.2) is 23.1 Å². The average Bonchev–Trinajstić information content (AvgIpc) is 2.47. The Bertz CT molecular complexity index is 659. The van der Waals surface area contributed by atoms with Gasteiger partial charge in [-0.1, -0.05) is 0 Å². The van der Waals surface area contributed by atoms with Crippen LogP contribution in [-0.4, -0.2) is 55.5 Å². The third-order valence-corrected chi connectivity index (χ3v) is 5.70. The highest BCUT2D eigenvalue weighted by Crippen LogP contribution is 2.21. The van der Waals surface area contributed by atoms with E-state index in [0.717, 1.165) is 12.1 Å². The van der Waals surface area contributed by atoms with Crippen LogP contribution in [-0.2, 0) is 10.0 Å². The van der Waals surface area contributed by atoms with Crippen LogP contribution < -0.4 is 5.32 Å². The van der Waals surface area contributed by atoms with E-state index < -0.39 is 26.6 Å². The Morgan fingerprint density at radius 2 is 1.91 bits per heavy atom. The van der Waals surface area contributed by atoms with Crippen molar-refractivity contribution in [3.63, 3.8) is 0 Å². The van der Waals surface area contributed by atoms with E-state index in [1.165, 1.54) is 4.31 Å². The van der Waals surface area contributed by atoms with Gasteiger partial charge in [0.25, 0.3) is 0 Å². The van der Waals surface area contributed by atoms with Gasteiger partial charge in [-0.05, 0) is 31.3 Å². The van der Waals surface area contributed by atoms with Gasteiger partial charge in [0.1, 0.15) is 16.5 Å². The molecule has 1 aliphatic rings. The summed E-state index contributed by atoms with van der Waals surface area (Å²) in [4.78, 5) is 1.36. The van der Waals surface area contributed by atoms with E-state index in [-0.39, 0.29) is 13.1 Å². The molecular weight excluding hydrogens is 332 g/mol. The molecule has 1 N–H and O–H groups in total. The van der Waals surface area contributed by atoms with Gasteiger partial charge in [-0.3, -0.25) is 0 Å². The van der Waals surface area contributed by atoms with Crippen molar-refractivity contribution in [1.82, 2.24) is 14.5 Å². The van der Waals surface area contributed by atoms with Crippen LogP contribution in [0.3, 0.4) is 0 Å². The van der Waals surface area contributed by atoms with E-state index in [2.05, 4.69) is 5.32 Å². The highest BCUT2D eigenvalue weighted by atomic mass is 32.2. The second-order valence-electron chi connectivity index (χ2n) is 4.80. The van der Waals surface area contributed by atoms with E-state index in [1.807, 2.05) is 11.8 Å². The summed E-state index contributed by atoms with van der Waals surface area (Å²) in [5, 5.41) is 3.58. The van der Waals surface area contributed by atoms with Crippen LogP contribution >= 0.6 is 12.2 Å². The lowest BCUT2D eigenvalue weighted by atomic mass is 10.3. The van der Waals surface area contributed by atoms with Crippen molar-refractivity contribution in [1.29, 1.82) is 0 Å². The maximum Gasteiger partial charge on any atom is 0.246 e. The van der Waals surface area contributed by atoms with Crippen LogP contribution in [0, 0.1) is 11.6 Å². The number of nitrogens with zero attached hydrogens (tertiary/aromatic N) is 2. The molecule has 1 aromatic carbocycles. The van der Waals surface area contributed by atoms with Crippen LogP contribution in [0.2, 0.25) is 0 Å². The van der Waals surface area contributed by atoms with Gasteiger partial charge in [0, 0.05) is 38.8 Å². The minimum Gasteiger partial charge on any atom is -0.363 e. The Labute approximate surface area is 134 Å². The number of hydrogen-bond acceptors (Lipinski definition) is 3. The first-order valence-electron chi connectivity index (χ1n) is 6.84. The molecule has 1 aliphatic heterocycles. The van der Waals surface area contributed by atoms with Gasteiger partial charge >= 0.3 is 0 Å². The number of benzene rings is 1. The van der Waals surface area contributed by atoms with E-state index in [0.29, 0.717) is 30.8 Å². The summed E-state index contributed by atoms with van der Waals surface area (Å²) in [6, 6.07) is 2.46. The molecule has 122 valence electrons. The zero-order chi connectivity index (χ0) is 16.3. The zero-order valence-electron chi connectivity index (χ0n) is 12.1. The molecule has 9 heteroatoms. The quantitative estimate of drug-likeness (QED) is 0.830. The van der Waals surface area contributed by atoms with Gasteiger partial charge in [-0.2, -0.15) is 4.31 Å². The van der Waals surface area contributed by atoms with E-state index in [9.17, 15) is 17.2 Å². The zero-order valence-corrected chi connectivity index (χ0v) is 13.7. The smallest absolute Gasteiger partial charge is 0.246 e. The summed E-state index contributed by atoms with van der Waals surface area (Å²) in [6.07, 6.45) is 0. The van der Waals surface area contributed by atoms with E-state index in [1.54, 1.807) is 0 Å². The lowest BCUT2D eigenvalue weighted by molar-refractivity contribution is 0.263. The monoisotopic (exact) mass is 349 g/mol.